The summed E-state index contributed by atoms with van der Waals surface area (Å²) in [5, 5.41) is 22.6. The van der Waals surface area contributed by atoms with Crippen molar-refractivity contribution in [1.82, 2.24) is 0 Å². The van der Waals surface area contributed by atoms with E-state index in [-0.39, 0.29) is 33.9 Å². The second-order valence-corrected chi connectivity index (χ2v) is 14.8. The zero-order valence-corrected chi connectivity index (χ0v) is 22.0. The lowest BCUT2D eigenvalue weighted by molar-refractivity contribution is -0.261. The molecule has 5 fully saturated rings. The summed E-state index contributed by atoms with van der Waals surface area (Å²) in [5.74, 6) is 3.16. The third-order valence-corrected chi connectivity index (χ3v) is 13.6. The van der Waals surface area contributed by atoms with Crippen molar-refractivity contribution >= 4 is 0 Å². The van der Waals surface area contributed by atoms with Gasteiger partial charge in [-0.1, -0.05) is 53.7 Å². The van der Waals surface area contributed by atoms with Crippen LogP contribution in [0, 0.1) is 56.7 Å². The molecule has 0 aromatic rings. The zero-order chi connectivity index (χ0) is 23.5. The third kappa shape index (κ3) is 2.61. The minimum absolute atomic E-state index is 0.00718. The van der Waals surface area contributed by atoms with Crippen molar-refractivity contribution in [2.45, 2.75) is 118 Å². The van der Waals surface area contributed by atoms with Crippen molar-refractivity contribution in [2.24, 2.45) is 56.7 Å². The molecule has 5 saturated carbocycles. The molecule has 5 aliphatic rings. The lowest BCUT2D eigenvalue weighted by Gasteiger charge is -2.73. The van der Waals surface area contributed by atoms with Crippen LogP contribution in [-0.2, 0) is 0 Å². The predicted octanol–water partition coefficient (Wildman–Crippen LogP) is 7.00. The lowest BCUT2D eigenvalue weighted by Crippen LogP contribution is -2.68. The highest BCUT2D eigenvalue weighted by Gasteiger charge is 2.71. The number of hydrogen-bond donors (Lipinski definition) is 2. The van der Waals surface area contributed by atoms with Gasteiger partial charge in [-0.25, -0.2) is 0 Å². The molecule has 11 atom stereocenters. The van der Waals surface area contributed by atoms with Gasteiger partial charge < -0.3 is 10.2 Å². The largest absolute Gasteiger partial charge is 0.393 e. The smallest absolute Gasteiger partial charge is 0.0602 e. The van der Waals surface area contributed by atoms with Crippen LogP contribution in [0.25, 0.3) is 0 Å². The van der Waals surface area contributed by atoms with Gasteiger partial charge in [-0.2, -0.15) is 0 Å². The standard InChI is InChI=1S/C30H50O2/c1-18(2)19-11-14-28(6)24(32)17-30(8)20(25(19)28)9-10-22-27(5)15-13-23(31)26(3,4)21(27)12-16-29(22,30)7/h19-25,31-32H,1,9-17H2,2-8H3/t19-,20+,21-,22+,23-,24-,25+,27-,28+,29+,30+/m0/s1. The molecule has 32 heavy (non-hydrogen) atoms. The maximum absolute atomic E-state index is 11.7. The van der Waals surface area contributed by atoms with Gasteiger partial charge in [0.2, 0.25) is 0 Å². The van der Waals surface area contributed by atoms with Gasteiger partial charge in [-0.3, -0.25) is 0 Å². The fourth-order valence-corrected chi connectivity index (χ4v) is 11.5. The van der Waals surface area contributed by atoms with E-state index in [0.29, 0.717) is 35.0 Å². The molecule has 5 aliphatic carbocycles. The van der Waals surface area contributed by atoms with E-state index in [1.807, 2.05) is 0 Å². The number of allylic oxidation sites excluding steroid dienone is 1. The Morgan fingerprint density at radius 1 is 0.719 bits per heavy atom. The maximum atomic E-state index is 11.7. The summed E-state index contributed by atoms with van der Waals surface area (Å²) in [6.07, 6.45) is 10.3. The fraction of sp³-hybridized carbons (Fsp3) is 0.933. The number of aliphatic hydroxyl groups excluding tert-OH is 2. The van der Waals surface area contributed by atoms with Gasteiger partial charge in [0, 0.05) is 0 Å². The zero-order valence-electron chi connectivity index (χ0n) is 22.0. The van der Waals surface area contributed by atoms with Crippen LogP contribution in [0.3, 0.4) is 0 Å². The van der Waals surface area contributed by atoms with Crippen LogP contribution in [0.15, 0.2) is 12.2 Å². The molecule has 0 amide bonds. The van der Waals surface area contributed by atoms with Gasteiger partial charge in [0.05, 0.1) is 12.2 Å². The molecule has 2 heteroatoms. The minimum Gasteiger partial charge on any atom is -0.393 e. The van der Waals surface area contributed by atoms with Crippen molar-refractivity contribution < 1.29 is 10.2 Å². The fourth-order valence-electron chi connectivity index (χ4n) is 11.5. The summed E-state index contributed by atoms with van der Waals surface area (Å²) < 4.78 is 0. The molecule has 0 saturated heterocycles. The first-order chi connectivity index (χ1) is 14.7. The van der Waals surface area contributed by atoms with Crippen LogP contribution in [0.2, 0.25) is 0 Å². The van der Waals surface area contributed by atoms with Crippen LogP contribution >= 0.6 is 0 Å². The average Bonchev–Trinajstić information content (AvgIpc) is 3.05. The molecule has 5 rings (SSSR count). The van der Waals surface area contributed by atoms with Gasteiger partial charge in [-0.05, 0) is 121 Å². The molecule has 2 nitrogen and oxygen atoms in total. The number of hydrogen-bond acceptors (Lipinski definition) is 2. The highest BCUT2D eigenvalue weighted by Crippen LogP contribution is 2.77. The Bertz CT molecular complexity index is 801. The molecule has 0 spiro atoms. The molecular weight excluding hydrogens is 392 g/mol. The van der Waals surface area contributed by atoms with E-state index < -0.39 is 0 Å². The summed E-state index contributed by atoms with van der Waals surface area (Å²) in [4.78, 5) is 0. The van der Waals surface area contributed by atoms with E-state index in [4.69, 9.17) is 0 Å². The first-order valence-electron chi connectivity index (χ1n) is 13.7. The van der Waals surface area contributed by atoms with Gasteiger partial charge in [0.1, 0.15) is 0 Å². The molecule has 2 N–H and O–H groups in total. The van der Waals surface area contributed by atoms with E-state index in [1.54, 1.807) is 0 Å². The topological polar surface area (TPSA) is 40.5 Å². The number of rotatable bonds is 1. The van der Waals surface area contributed by atoms with Crippen LogP contribution in [0.5, 0.6) is 0 Å². The van der Waals surface area contributed by atoms with E-state index >= 15 is 0 Å². The van der Waals surface area contributed by atoms with Crippen molar-refractivity contribution in [3.63, 3.8) is 0 Å². The number of fused-ring (bicyclic) bond motifs is 7. The monoisotopic (exact) mass is 442 g/mol. The maximum Gasteiger partial charge on any atom is 0.0602 e. The Morgan fingerprint density at radius 2 is 1.38 bits per heavy atom. The number of aliphatic hydroxyl groups is 2. The lowest BCUT2D eigenvalue weighted by atomic mass is 9.32. The highest BCUT2D eigenvalue weighted by atomic mass is 16.3. The molecule has 0 heterocycles. The average molecular weight is 443 g/mol. The summed E-state index contributed by atoms with van der Waals surface area (Å²) in [6.45, 7) is 21.5. The van der Waals surface area contributed by atoms with Gasteiger partial charge >= 0.3 is 0 Å². The minimum atomic E-state index is -0.191. The third-order valence-electron chi connectivity index (χ3n) is 13.6. The van der Waals surface area contributed by atoms with Crippen LogP contribution < -0.4 is 0 Å². The van der Waals surface area contributed by atoms with Gasteiger partial charge in [-0.15, -0.1) is 0 Å². The Kier molecular flexibility index (Phi) is 5.02. The van der Waals surface area contributed by atoms with Crippen molar-refractivity contribution in [2.75, 3.05) is 0 Å². The van der Waals surface area contributed by atoms with E-state index in [2.05, 4.69) is 55.0 Å². The molecular formula is C30H50O2. The van der Waals surface area contributed by atoms with Gasteiger partial charge in [0.25, 0.3) is 0 Å². The molecule has 0 unspecified atom stereocenters. The van der Waals surface area contributed by atoms with Crippen molar-refractivity contribution in [3.8, 4) is 0 Å². The molecule has 0 radical (unpaired) electrons. The van der Waals surface area contributed by atoms with E-state index in [9.17, 15) is 10.2 Å². The van der Waals surface area contributed by atoms with E-state index in [0.717, 1.165) is 19.3 Å². The van der Waals surface area contributed by atoms with Crippen LogP contribution in [0.4, 0.5) is 0 Å². The molecule has 0 aliphatic heterocycles. The Labute approximate surface area is 197 Å². The summed E-state index contributed by atoms with van der Waals surface area (Å²) in [6, 6.07) is 0. The Morgan fingerprint density at radius 3 is 2.03 bits per heavy atom. The quantitative estimate of drug-likeness (QED) is 0.429. The second-order valence-electron chi connectivity index (χ2n) is 14.8. The second kappa shape index (κ2) is 6.87. The Balaban J connectivity index is 1.57. The van der Waals surface area contributed by atoms with Crippen molar-refractivity contribution in [1.29, 1.82) is 0 Å². The first-order valence-corrected chi connectivity index (χ1v) is 13.7. The molecule has 0 aromatic carbocycles. The molecule has 0 aromatic heterocycles. The first kappa shape index (κ1) is 23.4. The SMILES string of the molecule is C=C(C)[C@@H]1CC[C@@]2(C)[C@H]1[C@H]1CC[C@@H]3[C@@]4(C)CC[C@H](O)C(C)(C)[C@@H]4CC[C@@]3(C)[C@]1(C)C[C@@H]2O. The molecule has 0 bridgehead atoms. The molecule has 182 valence electrons. The van der Waals surface area contributed by atoms with Crippen LogP contribution in [-0.4, -0.2) is 22.4 Å². The van der Waals surface area contributed by atoms with Crippen molar-refractivity contribution in [3.05, 3.63) is 12.2 Å². The van der Waals surface area contributed by atoms with Gasteiger partial charge in [0.15, 0.2) is 0 Å². The summed E-state index contributed by atoms with van der Waals surface area (Å²) in [7, 11) is 0. The Hall–Kier alpha value is -0.340. The highest BCUT2D eigenvalue weighted by molar-refractivity contribution is 5.22. The predicted molar refractivity (Wildman–Crippen MR) is 132 cm³/mol. The van der Waals surface area contributed by atoms with Crippen LogP contribution in [0.1, 0.15) is 106 Å². The van der Waals surface area contributed by atoms with E-state index in [1.165, 1.54) is 44.1 Å². The summed E-state index contributed by atoms with van der Waals surface area (Å²) in [5.41, 5.74) is 2.18. The normalized spacial score (nSPS) is 58.8. The summed E-state index contributed by atoms with van der Waals surface area (Å²) >= 11 is 0.